The summed E-state index contributed by atoms with van der Waals surface area (Å²) in [6.45, 7) is 4.89. The fraction of sp³-hybridized carbons (Fsp3) is 0.238. The van der Waals surface area contributed by atoms with Gasteiger partial charge in [-0.05, 0) is 37.1 Å². The Labute approximate surface area is 163 Å². The van der Waals surface area contributed by atoms with E-state index in [0.29, 0.717) is 18.7 Å². The molecule has 0 fully saturated rings. The van der Waals surface area contributed by atoms with E-state index in [1.807, 2.05) is 62.1 Å². The van der Waals surface area contributed by atoms with Crippen molar-refractivity contribution in [1.29, 1.82) is 0 Å². The zero-order chi connectivity index (χ0) is 19.7. The van der Waals surface area contributed by atoms with Gasteiger partial charge in [0.1, 0.15) is 0 Å². The summed E-state index contributed by atoms with van der Waals surface area (Å²) in [5.41, 5.74) is 5.12. The standard InChI is InChI=1S/C21H22N6O/c1-14-11-18(19-15(2)25-26(3)20(19)24-14)21(28)22-12-16-7-4-5-8-17(16)13-27-10-6-9-23-27/h4-11H,12-13H2,1-3H3,(H,22,28). The first-order chi connectivity index (χ1) is 13.5. The Morgan fingerprint density at radius 1 is 1.14 bits per heavy atom. The highest BCUT2D eigenvalue weighted by Gasteiger charge is 2.17. The molecule has 0 aliphatic carbocycles. The lowest BCUT2D eigenvalue weighted by Crippen LogP contribution is -2.24. The van der Waals surface area contributed by atoms with Gasteiger partial charge in [-0.15, -0.1) is 0 Å². The van der Waals surface area contributed by atoms with Gasteiger partial charge < -0.3 is 5.32 Å². The number of nitrogens with one attached hydrogen (secondary N) is 1. The second-order valence-corrected chi connectivity index (χ2v) is 6.87. The van der Waals surface area contributed by atoms with E-state index >= 15 is 0 Å². The van der Waals surface area contributed by atoms with Gasteiger partial charge in [-0.3, -0.25) is 14.2 Å². The summed E-state index contributed by atoms with van der Waals surface area (Å²) in [5.74, 6) is -0.125. The SMILES string of the molecule is Cc1cc(C(=O)NCc2ccccc2Cn2cccn2)c2c(C)nn(C)c2n1. The van der Waals surface area contributed by atoms with E-state index in [1.54, 1.807) is 10.9 Å². The lowest BCUT2D eigenvalue weighted by atomic mass is 10.1. The van der Waals surface area contributed by atoms with Gasteiger partial charge in [0.2, 0.25) is 0 Å². The summed E-state index contributed by atoms with van der Waals surface area (Å²) in [6, 6.07) is 11.8. The van der Waals surface area contributed by atoms with Gasteiger partial charge >= 0.3 is 0 Å². The zero-order valence-electron chi connectivity index (χ0n) is 16.2. The smallest absolute Gasteiger partial charge is 0.252 e. The second kappa shape index (κ2) is 7.26. The molecule has 28 heavy (non-hydrogen) atoms. The zero-order valence-corrected chi connectivity index (χ0v) is 16.2. The fourth-order valence-corrected chi connectivity index (χ4v) is 3.47. The molecule has 0 radical (unpaired) electrons. The Morgan fingerprint density at radius 3 is 2.68 bits per heavy atom. The van der Waals surface area contributed by atoms with Crippen LogP contribution in [0.3, 0.4) is 0 Å². The quantitative estimate of drug-likeness (QED) is 0.583. The minimum atomic E-state index is -0.125. The molecule has 7 heteroatoms. The number of fused-ring (bicyclic) bond motifs is 1. The number of nitrogens with zero attached hydrogens (tertiary/aromatic N) is 5. The number of aromatic nitrogens is 5. The summed E-state index contributed by atoms with van der Waals surface area (Å²) >= 11 is 0. The second-order valence-electron chi connectivity index (χ2n) is 6.87. The van der Waals surface area contributed by atoms with Crippen LogP contribution in [-0.4, -0.2) is 30.5 Å². The average Bonchev–Trinajstić information content (AvgIpc) is 3.28. The van der Waals surface area contributed by atoms with Crippen LogP contribution < -0.4 is 5.32 Å². The fourth-order valence-electron chi connectivity index (χ4n) is 3.47. The Morgan fingerprint density at radius 2 is 1.93 bits per heavy atom. The molecule has 4 rings (SSSR count). The lowest BCUT2D eigenvalue weighted by Gasteiger charge is -2.12. The van der Waals surface area contributed by atoms with Crippen molar-refractivity contribution in [2.75, 3.05) is 0 Å². The number of carbonyl (C=O) groups excluding carboxylic acids is 1. The normalized spacial score (nSPS) is 11.1. The number of hydrogen-bond acceptors (Lipinski definition) is 4. The van der Waals surface area contributed by atoms with Crippen LogP contribution in [0.25, 0.3) is 11.0 Å². The lowest BCUT2D eigenvalue weighted by molar-refractivity contribution is 0.0952. The molecular weight excluding hydrogens is 352 g/mol. The highest BCUT2D eigenvalue weighted by Crippen LogP contribution is 2.21. The molecule has 0 atom stereocenters. The predicted octanol–water partition coefficient (Wildman–Crippen LogP) is 2.76. The van der Waals surface area contributed by atoms with Crippen LogP contribution in [0.1, 0.15) is 32.9 Å². The van der Waals surface area contributed by atoms with Gasteiger partial charge in [0.15, 0.2) is 5.65 Å². The van der Waals surface area contributed by atoms with E-state index in [1.165, 1.54) is 0 Å². The van der Waals surface area contributed by atoms with Gasteiger partial charge in [0.05, 0.1) is 23.2 Å². The third-order valence-electron chi connectivity index (χ3n) is 4.79. The number of benzene rings is 1. The molecule has 142 valence electrons. The highest BCUT2D eigenvalue weighted by atomic mass is 16.1. The molecule has 0 bridgehead atoms. The topological polar surface area (TPSA) is 77.6 Å². The molecule has 0 aliphatic heterocycles. The van der Waals surface area contributed by atoms with Gasteiger partial charge in [-0.2, -0.15) is 10.2 Å². The Balaban J connectivity index is 1.59. The monoisotopic (exact) mass is 374 g/mol. The molecule has 0 saturated carbocycles. The van der Waals surface area contributed by atoms with Crippen LogP contribution in [0.15, 0.2) is 48.8 Å². The van der Waals surface area contributed by atoms with Crippen molar-refractivity contribution in [2.45, 2.75) is 26.9 Å². The highest BCUT2D eigenvalue weighted by molar-refractivity contribution is 6.06. The third-order valence-corrected chi connectivity index (χ3v) is 4.79. The minimum absolute atomic E-state index is 0.125. The number of rotatable bonds is 5. The van der Waals surface area contributed by atoms with Crippen LogP contribution in [-0.2, 0) is 20.1 Å². The molecule has 0 unspecified atom stereocenters. The predicted molar refractivity (Wildman–Crippen MR) is 107 cm³/mol. The minimum Gasteiger partial charge on any atom is -0.348 e. The molecule has 1 aromatic carbocycles. The number of aryl methyl sites for hydroxylation is 3. The van der Waals surface area contributed by atoms with Gasteiger partial charge in [-0.1, -0.05) is 24.3 Å². The number of hydrogen-bond donors (Lipinski definition) is 1. The van der Waals surface area contributed by atoms with Crippen LogP contribution in [0.4, 0.5) is 0 Å². The molecule has 0 saturated heterocycles. The molecule has 0 spiro atoms. The number of pyridine rings is 1. The van der Waals surface area contributed by atoms with Gasteiger partial charge in [0, 0.05) is 31.7 Å². The van der Waals surface area contributed by atoms with Crippen LogP contribution >= 0.6 is 0 Å². The summed E-state index contributed by atoms with van der Waals surface area (Å²) in [6.07, 6.45) is 3.69. The van der Waals surface area contributed by atoms with Crippen molar-refractivity contribution >= 4 is 16.9 Å². The maximum atomic E-state index is 13.0. The van der Waals surface area contributed by atoms with Crippen molar-refractivity contribution in [1.82, 2.24) is 29.9 Å². The average molecular weight is 374 g/mol. The Bertz CT molecular complexity index is 1140. The van der Waals surface area contributed by atoms with Crippen LogP contribution in [0, 0.1) is 13.8 Å². The Hall–Kier alpha value is -3.48. The molecule has 3 aromatic heterocycles. The molecular formula is C21H22N6O. The Kier molecular flexibility index (Phi) is 4.65. The molecule has 4 aromatic rings. The molecule has 1 N–H and O–H groups in total. The van der Waals surface area contributed by atoms with Crippen molar-refractivity contribution in [2.24, 2.45) is 7.05 Å². The first-order valence-corrected chi connectivity index (χ1v) is 9.16. The van der Waals surface area contributed by atoms with Crippen molar-refractivity contribution in [3.63, 3.8) is 0 Å². The molecule has 1 amide bonds. The van der Waals surface area contributed by atoms with E-state index in [0.717, 1.165) is 33.5 Å². The first-order valence-electron chi connectivity index (χ1n) is 9.16. The van der Waals surface area contributed by atoms with E-state index in [4.69, 9.17) is 0 Å². The maximum Gasteiger partial charge on any atom is 0.252 e. The number of amides is 1. The molecule has 7 nitrogen and oxygen atoms in total. The molecule has 3 heterocycles. The van der Waals surface area contributed by atoms with E-state index < -0.39 is 0 Å². The summed E-state index contributed by atoms with van der Waals surface area (Å²) in [4.78, 5) is 17.5. The molecule has 0 aliphatic rings. The summed E-state index contributed by atoms with van der Waals surface area (Å²) in [7, 11) is 1.84. The summed E-state index contributed by atoms with van der Waals surface area (Å²) in [5, 5.41) is 12.5. The van der Waals surface area contributed by atoms with E-state index in [9.17, 15) is 4.79 Å². The van der Waals surface area contributed by atoms with E-state index in [2.05, 4.69) is 26.6 Å². The first kappa shape index (κ1) is 17.9. The third kappa shape index (κ3) is 3.38. The van der Waals surface area contributed by atoms with Gasteiger partial charge in [0.25, 0.3) is 5.91 Å². The van der Waals surface area contributed by atoms with Crippen molar-refractivity contribution in [3.05, 3.63) is 76.9 Å². The largest absolute Gasteiger partial charge is 0.348 e. The maximum absolute atomic E-state index is 13.0. The number of carbonyl (C=O) groups is 1. The van der Waals surface area contributed by atoms with Crippen LogP contribution in [0.5, 0.6) is 0 Å². The van der Waals surface area contributed by atoms with Crippen molar-refractivity contribution in [3.8, 4) is 0 Å². The van der Waals surface area contributed by atoms with E-state index in [-0.39, 0.29) is 5.91 Å². The van der Waals surface area contributed by atoms with Gasteiger partial charge in [-0.25, -0.2) is 4.98 Å². The summed E-state index contributed by atoms with van der Waals surface area (Å²) < 4.78 is 3.59. The van der Waals surface area contributed by atoms with Crippen LogP contribution in [0.2, 0.25) is 0 Å². The van der Waals surface area contributed by atoms with Crippen molar-refractivity contribution < 1.29 is 4.79 Å².